The van der Waals surface area contributed by atoms with E-state index in [0.29, 0.717) is 18.2 Å². The van der Waals surface area contributed by atoms with E-state index in [9.17, 15) is 0 Å². The fourth-order valence-corrected chi connectivity index (χ4v) is 9.43. The van der Waals surface area contributed by atoms with Gasteiger partial charge in [-0.15, -0.1) is 11.3 Å². The third kappa shape index (κ3) is 6.19. The predicted molar refractivity (Wildman–Crippen MR) is 244 cm³/mol. The maximum atomic E-state index is 6.74. The summed E-state index contributed by atoms with van der Waals surface area (Å²) in [6, 6.07) is 54.2. The van der Waals surface area contributed by atoms with Crippen LogP contribution in [-0.4, -0.2) is 11.7 Å². The molecular formula is C52H39N3O2S. The van der Waals surface area contributed by atoms with Crippen LogP contribution < -0.4 is 5.73 Å². The highest BCUT2D eigenvalue weighted by Crippen LogP contribution is 2.45. The van der Waals surface area contributed by atoms with Crippen molar-refractivity contribution >= 4 is 82.5 Å². The van der Waals surface area contributed by atoms with E-state index in [1.165, 1.54) is 37.2 Å². The first-order chi connectivity index (χ1) is 28.6. The molecule has 0 spiro atoms. The van der Waals surface area contributed by atoms with Crippen molar-refractivity contribution in [2.45, 2.75) is 26.8 Å². The Labute approximate surface area is 340 Å². The van der Waals surface area contributed by atoms with Gasteiger partial charge in [-0.25, -0.2) is 4.99 Å². The summed E-state index contributed by atoms with van der Waals surface area (Å²) in [7, 11) is 0. The second kappa shape index (κ2) is 14.8. The Morgan fingerprint density at radius 2 is 1.33 bits per heavy atom. The highest BCUT2D eigenvalue weighted by molar-refractivity contribution is 7.19. The third-order valence-corrected chi connectivity index (χ3v) is 12.3. The van der Waals surface area contributed by atoms with Gasteiger partial charge in [0, 0.05) is 53.2 Å². The van der Waals surface area contributed by atoms with E-state index in [-0.39, 0.29) is 0 Å². The molecule has 0 unspecified atom stereocenters. The van der Waals surface area contributed by atoms with E-state index >= 15 is 0 Å². The van der Waals surface area contributed by atoms with Crippen molar-refractivity contribution in [3.05, 3.63) is 196 Å². The van der Waals surface area contributed by atoms with Gasteiger partial charge in [0.1, 0.15) is 28.2 Å². The van der Waals surface area contributed by atoms with Gasteiger partial charge in [-0.3, -0.25) is 4.99 Å². The molecule has 7 aromatic carbocycles. The lowest BCUT2D eigenvalue weighted by Crippen LogP contribution is -2.16. The summed E-state index contributed by atoms with van der Waals surface area (Å²) < 4.78 is 13.9. The fourth-order valence-electron chi connectivity index (χ4n) is 8.25. The molecule has 3 heterocycles. The lowest BCUT2D eigenvalue weighted by atomic mass is 9.90. The van der Waals surface area contributed by atoms with Crippen molar-refractivity contribution in [2.75, 3.05) is 0 Å². The summed E-state index contributed by atoms with van der Waals surface area (Å²) in [4.78, 5) is 11.5. The number of furan rings is 2. The van der Waals surface area contributed by atoms with Crippen LogP contribution in [0.2, 0.25) is 0 Å². The van der Waals surface area contributed by atoms with E-state index in [4.69, 9.17) is 24.6 Å². The molecule has 5 nitrogen and oxygen atoms in total. The molecule has 0 amide bonds. The van der Waals surface area contributed by atoms with Crippen LogP contribution in [0.25, 0.3) is 70.7 Å². The molecule has 10 aromatic rings. The number of para-hydroxylation sites is 1. The first-order valence-corrected chi connectivity index (χ1v) is 20.5. The summed E-state index contributed by atoms with van der Waals surface area (Å²) in [5.74, 6) is 0.915. The van der Waals surface area contributed by atoms with Crippen LogP contribution in [0.15, 0.2) is 183 Å². The summed E-state index contributed by atoms with van der Waals surface area (Å²) in [6.45, 7) is 4.78. The number of rotatable bonds is 8. The minimum absolute atomic E-state index is 0.364. The molecule has 0 fully saturated rings. The molecule has 0 bridgehead atoms. The molecule has 0 radical (unpaired) electrons. The molecule has 10 rings (SSSR count). The normalized spacial score (nSPS) is 12.8. The minimum atomic E-state index is 0.364. The number of thiophene rings is 1. The number of fused-ring (bicyclic) bond motifs is 7. The smallest absolute Gasteiger partial charge is 0.157 e. The van der Waals surface area contributed by atoms with Crippen LogP contribution in [-0.2, 0) is 13.0 Å². The van der Waals surface area contributed by atoms with Crippen LogP contribution in [0.3, 0.4) is 0 Å². The molecule has 6 heteroatoms. The van der Waals surface area contributed by atoms with Crippen molar-refractivity contribution in [1.29, 1.82) is 0 Å². The van der Waals surface area contributed by atoms with Gasteiger partial charge in [0.25, 0.3) is 0 Å². The molecule has 0 saturated carbocycles. The quantitative estimate of drug-likeness (QED) is 0.123. The van der Waals surface area contributed by atoms with Gasteiger partial charge < -0.3 is 14.6 Å². The maximum absolute atomic E-state index is 6.74. The Bertz CT molecular complexity index is 3260. The van der Waals surface area contributed by atoms with Crippen molar-refractivity contribution in [3.63, 3.8) is 0 Å². The van der Waals surface area contributed by atoms with Crippen molar-refractivity contribution in [1.82, 2.24) is 0 Å². The molecule has 0 saturated heterocycles. The van der Waals surface area contributed by atoms with Crippen molar-refractivity contribution in [3.8, 4) is 11.1 Å². The van der Waals surface area contributed by atoms with Gasteiger partial charge in [0.2, 0.25) is 0 Å². The standard InChI is InChI=1S/C52H39N3O2S/c1-3-37(32-15-7-5-8-16-32)49-46(4-2)58-47-24-14-21-38(50(47)49)34-26-28-43-41(29-34)48-36(19-13-23-44(48)56-43)31-54-52(33-17-9-6-10-18-33)55-51(53)35-25-27-40-39-20-11-12-22-42(39)57-45(40)30-35/h3,5-30H,4,31H2,1-2H3,(H2,53,54,55)/b37-3-. The Balaban J connectivity index is 1.07. The van der Waals surface area contributed by atoms with Gasteiger partial charge in [-0.05, 0) is 83.6 Å². The summed E-state index contributed by atoms with van der Waals surface area (Å²) in [5, 5.41) is 5.51. The summed E-state index contributed by atoms with van der Waals surface area (Å²) in [5.41, 5.74) is 18.9. The minimum Gasteiger partial charge on any atom is -0.456 e. The number of hydrogen-bond acceptors (Lipinski definition) is 4. The van der Waals surface area contributed by atoms with Crippen molar-refractivity contribution in [2.24, 2.45) is 15.7 Å². The third-order valence-electron chi connectivity index (χ3n) is 11.0. The lowest BCUT2D eigenvalue weighted by Gasteiger charge is -2.13. The largest absolute Gasteiger partial charge is 0.456 e. The molecular weight excluding hydrogens is 731 g/mol. The second-order valence-electron chi connectivity index (χ2n) is 14.4. The molecule has 0 aliphatic carbocycles. The molecule has 0 aliphatic heterocycles. The molecule has 3 aromatic heterocycles. The maximum Gasteiger partial charge on any atom is 0.157 e. The number of benzene rings is 7. The molecule has 0 aliphatic rings. The Morgan fingerprint density at radius 1 is 0.621 bits per heavy atom. The van der Waals surface area contributed by atoms with Gasteiger partial charge in [0.05, 0.1) is 6.54 Å². The Morgan fingerprint density at radius 3 is 2.14 bits per heavy atom. The highest BCUT2D eigenvalue weighted by atomic mass is 32.1. The number of nitrogens with two attached hydrogens (primary N) is 1. The Hall–Kier alpha value is -7.02. The van der Waals surface area contributed by atoms with Crippen LogP contribution in [0.4, 0.5) is 0 Å². The van der Waals surface area contributed by atoms with E-state index in [0.717, 1.165) is 72.6 Å². The highest BCUT2D eigenvalue weighted by Gasteiger charge is 2.21. The molecule has 58 heavy (non-hydrogen) atoms. The number of hydrogen-bond donors (Lipinski definition) is 1. The average molecular weight is 770 g/mol. The number of nitrogens with zero attached hydrogens (tertiary/aromatic N) is 2. The van der Waals surface area contributed by atoms with Crippen molar-refractivity contribution < 1.29 is 8.83 Å². The van der Waals surface area contributed by atoms with E-state index < -0.39 is 0 Å². The van der Waals surface area contributed by atoms with Gasteiger partial charge in [-0.1, -0.05) is 128 Å². The zero-order valence-electron chi connectivity index (χ0n) is 32.2. The van der Waals surface area contributed by atoms with E-state index in [1.807, 2.05) is 90.2 Å². The zero-order chi connectivity index (χ0) is 39.2. The van der Waals surface area contributed by atoms with Gasteiger partial charge >= 0.3 is 0 Å². The van der Waals surface area contributed by atoms with E-state index in [1.54, 1.807) is 0 Å². The number of allylic oxidation sites excluding steroid dienone is 1. The van der Waals surface area contributed by atoms with Crippen LogP contribution in [0, 0.1) is 0 Å². The monoisotopic (exact) mass is 769 g/mol. The number of aryl methyl sites for hydroxylation is 1. The van der Waals surface area contributed by atoms with E-state index in [2.05, 4.69) is 98.8 Å². The van der Waals surface area contributed by atoms with Crippen LogP contribution in [0.5, 0.6) is 0 Å². The summed E-state index contributed by atoms with van der Waals surface area (Å²) in [6.07, 6.45) is 3.22. The first-order valence-electron chi connectivity index (χ1n) is 19.6. The second-order valence-corrected chi connectivity index (χ2v) is 15.6. The molecule has 0 atom stereocenters. The molecule has 2 N–H and O–H groups in total. The Kier molecular flexibility index (Phi) is 9.04. The summed E-state index contributed by atoms with van der Waals surface area (Å²) >= 11 is 1.89. The zero-order valence-corrected chi connectivity index (χ0v) is 33.0. The average Bonchev–Trinajstić information content (AvgIpc) is 3.97. The fraction of sp³-hybridized carbons (Fsp3) is 0.0769. The topological polar surface area (TPSA) is 77.0 Å². The molecule has 280 valence electrons. The number of aliphatic imine (C=N–C) groups is 2. The predicted octanol–water partition coefficient (Wildman–Crippen LogP) is 13.7. The first kappa shape index (κ1) is 35.4. The van der Waals surface area contributed by atoms with Crippen LogP contribution >= 0.6 is 11.3 Å². The van der Waals surface area contributed by atoms with Gasteiger partial charge in [0.15, 0.2) is 5.84 Å². The lowest BCUT2D eigenvalue weighted by molar-refractivity contribution is 0.668. The van der Waals surface area contributed by atoms with Gasteiger partial charge in [-0.2, -0.15) is 0 Å². The number of amidine groups is 2. The van der Waals surface area contributed by atoms with Crippen LogP contribution in [0.1, 0.15) is 46.5 Å². The SMILES string of the molecule is C/C=C(/c1ccccc1)c1c(CC)sc2cccc(-c3ccc4oc5cccc(CN=C(N=C(N)c6ccc7c(c6)oc6ccccc67)c6ccccc6)c5c4c3)c12.